The molecule has 0 bridgehead atoms. The number of carboxylic acid groups (broad SMARTS) is 1. The van der Waals surface area contributed by atoms with Crippen molar-refractivity contribution in [3.8, 4) is 0 Å². The van der Waals surface area contributed by atoms with E-state index in [0.29, 0.717) is 18.1 Å². The van der Waals surface area contributed by atoms with Crippen LogP contribution < -0.4 is 5.32 Å². The summed E-state index contributed by atoms with van der Waals surface area (Å²) in [6.07, 6.45) is 3.72. The fourth-order valence-electron chi connectivity index (χ4n) is 2.00. The molecule has 0 radical (unpaired) electrons. The number of aromatic nitrogens is 1. The maximum absolute atomic E-state index is 11.8. The SMILES string of the molecule is CN(CCCC(=O)O)C(=O)Nc1nc2c(s1)CCC2. The molecular weight excluding hydrogens is 266 g/mol. The number of hydrogen-bond acceptors (Lipinski definition) is 4. The highest BCUT2D eigenvalue weighted by molar-refractivity contribution is 7.15. The van der Waals surface area contributed by atoms with Crippen molar-refractivity contribution >= 4 is 28.5 Å². The van der Waals surface area contributed by atoms with Gasteiger partial charge in [0, 0.05) is 24.9 Å². The second-order valence-corrected chi connectivity index (χ2v) is 5.68. The summed E-state index contributed by atoms with van der Waals surface area (Å²) in [5.74, 6) is -0.842. The van der Waals surface area contributed by atoms with Crippen LogP contribution >= 0.6 is 11.3 Å². The van der Waals surface area contributed by atoms with Gasteiger partial charge in [-0.25, -0.2) is 9.78 Å². The molecule has 0 spiro atoms. The van der Waals surface area contributed by atoms with E-state index in [1.807, 2.05) is 0 Å². The number of thiazole rings is 1. The minimum absolute atomic E-state index is 0.0726. The predicted octanol–water partition coefficient (Wildman–Crippen LogP) is 1.96. The Morgan fingerprint density at radius 3 is 2.95 bits per heavy atom. The first-order valence-corrected chi connectivity index (χ1v) is 7.10. The van der Waals surface area contributed by atoms with Crippen molar-refractivity contribution in [1.29, 1.82) is 0 Å². The molecule has 6 nitrogen and oxygen atoms in total. The van der Waals surface area contributed by atoms with Crippen molar-refractivity contribution in [2.45, 2.75) is 32.1 Å². The highest BCUT2D eigenvalue weighted by atomic mass is 32.1. The summed E-state index contributed by atoms with van der Waals surface area (Å²) in [5, 5.41) is 11.9. The number of fused-ring (bicyclic) bond motifs is 1. The van der Waals surface area contributed by atoms with Gasteiger partial charge in [-0.1, -0.05) is 0 Å². The van der Waals surface area contributed by atoms with Crippen molar-refractivity contribution in [1.82, 2.24) is 9.88 Å². The van der Waals surface area contributed by atoms with Crippen LogP contribution in [0, 0.1) is 0 Å². The zero-order valence-electron chi connectivity index (χ0n) is 10.8. The minimum Gasteiger partial charge on any atom is -0.481 e. The molecular formula is C12H17N3O3S. The second-order valence-electron chi connectivity index (χ2n) is 4.59. The molecule has 1 aliphatic rings. The zero-order valence-corrected chi connectivity index (χ0v) is 11.6. The number of hydrogen-bond donors (Lipinski definition) is 2. The molecule has 1 aromatic heterocycles. The van der Waals surface area contributed by atoms with Gasteiger partial charge < -0.3 is 10.0 Å². The number of urea groups is 1. The van der Waals surface area contributed by atoms with Crippen LogP contribution in [-0.4, -0.2) is 40.6 Å². The molecule has 2 N–H and O–H groups in total. The number of carbonyl (C=O) groups is 2. The van der Waals surface area contributed by atoms with E-state index < -0.39 is 5.97 Å². The molecule has 2 amide bonds. The van der Waals surface area contributed by atoms with Crippen LogP contribution in [-0.2, 0) is 17.6 Å². The second kappa shape index (κ2) is 6.01. The molecule has 1 heterocycles. The third-order valence-electron chi connectivity index (χ3n) is 3.04. The summed E-state index contributed by atoms with van der Waals surface area (Å²) >= 11 is 1.53. The largest absolute Gasteiger partial charge is 0.481 e. The monoisotopic (exact) mass is 283 g/mol. The number of nitrogens with one attached hydrogen (secondary N) is 1. The Morgan fingerprint density at radius 2 is 2.26 bits per heavy atom. The lowest BCUT2D eigenvalue weighted by Gasteiger charge is -2.16. The zero-order chi connectivity index (χ0) is 13.8. The van der Waals surface area contributed by atoms with E-state index >= 15 is 0 Å². The van der Waals surface area contributed by atoms with E-state index in [1.54, 1.807) is 7.05 Å². The molecule has 1 aliphatic carbocycles. The number of aliphatic carboxylic acids is 1. The number of rotatable bonds is 5. The molecule has 0 saturated carbocycles. The van der Waals surface area contributed by atoms with E-state index in [0.717, 1.165) is 25.0 Å². The third-order valence-corrected chi connectivity index (χ3v) is 4.11. The van der Waals surface area contributed by atoms with Gasteiger partial charge in [-0.2, -0.15) is 0 Å². The molecule has 0 atom stereocenters. The average molecular weight is 283 g/mol. The lowest BCUT2D eigenvalue weighted by atomic mass is 10.3. The van der Waals surface area contributed by atoms with Gasteiger partial charge in [0.05, 0.1) is 5.69 Å². The van der Waals surface area contributed by atoms with Gasteiger partial charge in [0.25, 0.3) is 0 Å². The summed E-state index contributed by atoms with van der Waals surface area (Å²) in [6.45, 7) is 0.420. The van der Waals surface area contributed by atoms with E-state index in [1.165, 1.54) is 21.1 Å². The number of nitrogens with zero attached hydrogens (tertiary/aromatic N) is 2. The maximum atomic E-state index is 11.8. The van der Waals surface area contributed by atoms with E-state index in [4.69, 9.17) is 5.11 Å². The van der Waals surface area contributed by atoms with Crippen LogP contribution in [0.15, 0.2) is 0 Å². The first-order valence-electron chi connectivity index (χ1n) is 6.29. The van der Waals surface area contributed by atoms with Gasteiger partial charge in [0.1, 0.15) is 0 Å². The lowest BCUT2D eigenvalue weighted by Crippen LogP contribution is -2.32. The Labute approximate surface area is 115 Å². The van der Waals surface area contributed by atoms with Crippen molar-refractivity contribution < 1.29 is 14.7 Å². The van der Waals surface area contributed by atoms with Crippen LogP contribution in [0.3, 0.4) is 0 Å². The van der Waals surface area contributed by atoms with Gasteiger partial charge in [-0.05, 0) is 25.7 Å². The standard InChI is InChI=1S/C12H17N3O3S/c1-15(7-3-6-10(16)17)12(18)14-11-13-8-4-2-5-9(8)19-11/h2-7H2,1H3,(H,16,17)(H,13,14,18). The first-order chi connectivity index (χ1) is 9.06. The number of anilines is 1. The molecule has 0 fully saturated rings. The Kier molecular flexibility index (Phi) is 4.36. The quantitative estimate of drug-likeness (QED) is 0.865. The topological polar surface area (TPSA) is 82.5 Å². The summed E-state index contributed by atoms with van der Waals surface area (Å²) in [6, 6.07) is -0.238. The minimum atomic E-state index is -0.842. The van der Waals surface area contributed by atoms with E-state index in [-0.39, 0.29) is 12.5 Å². The fourth-order valence-corrected chi connectivity index (χ4v) is 3.04. The Bertz CT molecular complexity index is 465. The van der Waals surface area contributed by atoms with Gasteiger partial charge in [-0.3, -0.25) is 10.1 Å². The molecule has 0 unspecified atom stereocenters. The van der Waals surface area contributed by atoms with E-state index in [9.17, 15) is 9.59 Å². The van der Waals surface area contributed by atoms with Crippen LogP contribution in [0.25, 0.3) is 0 Å². The number of aryl methyl sites for hydroxylation is 2. The summed E-state index contributed by atoms with van der Waals surface area (Å²) < 4.78 is 0. The van der Waals surface area contributed by atoms with Gasteiger partial charge in [-0.15, -0.1) is 11.3 Å². The number of carbonyl (C=O) groups excluding carboxylic acids is 1. The first kappa shape index (κ1) is 13.8. The lowest BCUT2D eigenvalue weighted by molar-refractivity contribution is -0.137. The highest BCUT2D eigenvalue weighted by Crippen LogP contribution is 2.30. The van der Waals surface area contributed by atoms with Crippen molar-refractivity contribution in [3.05, 3.63) is 10.6 Å². The van der Waals surface area contributed by atoms with Crippen LogP contribution in [0.4, 0.5) is 9.93 Å². The summed E-state index contributed by atoms with van der Waals surface area (Å²) in [4.78, 5) is 29.4. The maximum Gasteiger partial charge on any atom is 0.323 e. The Morgan fingerprint density at radius 1 is 1.47 bits per heavy atom. The number of amides is 2. The van der Waals surface area contributed by atoms with E-state index in [2.05, 4.69) is 10.3 Å². The normalized spacial score (nSPS) is 13.1. The van der Waals surface area contributed by atoms with Crippen LogP contribution in [0.5, 0.6) is 0 Å². The smallest absolute Gasteiger partial charge is 0.323 e. The third kappa shape index (κ3) is 3.66. The molecule has 0 saturated heterocycles. The molecule has 1 aromatic rings. The summed E-state index contributed by atoms with van der Waals surface area (Å²) in [5.41, 5.74) is 1.11. The fraction of sp³-hybridized carbons (Fsp3) is 0.583. The molecule has 19 heavy (non-hydrogen) atoms. The Hall–Kier alpha value is -1.63. The molecule has 2 rings (SSSR count). The summed E-state index contributed by atoms with van der Waals surface area (Å²) in [7, 11) is 1.65. The van der Waals surface area contributed by atoms with Crippen LogP contribution in [0.1, 0.15) is 29.8 Å². The van der Waals surface area contributed by atoms with Crippen molar-refractivity contribution in [3.63, 3.8) is 0 Å². The molecule has 7 heteroatoms. The van der Waals surface area contributed by atoms with Crippen molar-refractivity contribution in [2.75, 3.05) is 18.9 Å². The number of carboxylic acids is 1. The van der Waals surface area contributed by atoms with Crippen LogP contribution in [0.2, 0.25) is 0 Å². The Balaban J connectivity index is 1.80. The van der Waals surface area contributed by atoms with Gasteiger partial charge >= 0.3 is 12.0 Å². The van der Waals surface area contributed by atoms with Gasteiger partial charge in [0.15, 0.2) is 5.13 Å². The van der Waals surface area contributed by atoms with Gasteiger partial charge in [0.2, 0.25) is 0 Å². The predicted molar refractivity (Wildman–Crippen MR) is 72.7 cm³/mol. The molecule has 0 aromatic carbocycles. The molecule has 104 valence electrons. The highest BCUT2D eigenvalue weighted by Gasteiger charge is 2.18. The molecule has 0 aliphatic heterocycles. The van der Waals surface area contributed by atoms with Crippen molar-refractivity contribution in [2.24, 2.45) is 0 Å². The average Bonchev–Trinajstić information content (AvgIpc) is 2.88.